The molecule has 3 aromatic rings. The van der Waals surface area contributed by atoms with Crippen LogP contribution in [0.25, 0.3) is 0 Å². The van der Waals surface area contributed by atoms with Gasteiger partial charge in [-0.2, -0.15) is 4.98 Å². The summed E-state index contributed by atoms with van der Waals surface area (Å²) in [5.74, 6) is 1.50. The van der Waals surface area contributed by atoms with E-state index in [2.05, 4.69) is 39.2 Å². The molecular weight excluding hydrogens is 587 g/mol. The van der Waals surface area contributed by atoms with Crippen molar-refractivity contribution in [2.24, 2.45) is 4.99 Å². The average molecular weight is 616 g/mol. The molecule has 4 heterocycles. The molecule has 10 nitrogen and oxygen atoms in total. The summed E-state index contributed by atoms with van der Waals surface area (Å²) >= 11 is 19.7. The lowest BCUT2D eigenvalue weighted by atomic mass is 10.0. The number of hydrogen-bond donors (Lipinski definition) is 1. The van der Waals surface area contributed by atoms with Crippen molar-refractivity contribution in [3.63, 3.8) is 0 Å². The van der Waals surface area contributed by atoms with Crippen molar-refractivity contribution in [1.29, 1.82) is 0 Å². The van der Waals surface area contributed by atoms with E-state index in [9.17, 15) is 4.79 Å². The van der Waals surface area contributed by atoms with E-state index in [-0.39, 0.29) is 5.91 Å². The van der Waals surface area contributed by atoms with Crippen LogP contribution in [0.5, 0.6) is 5.75 Å². The van der Waals surface area contributed by atoms with E-state index in [1.165, 1.54) is 11.1 Å². The highest BCUT2D eigenvalue weighted by Gasteiger charge is 2.41. The zero-order valence-electron chi connectivity index (χ0n) is 22.9. The largest absolute Gasteiger partial charge is 0.494 e. The van der Waals surface area contributed by atoms with Crippen LogP contribution in [-0.4, -0.2) is 80.2 Å². The summed E-state index contributed by atoms with van der Waals surface area (Å²) < 4.78 is 5.75. The molecule has 0 spiro atoms. The lowest BCUT2D eigenvalue weighted by Crippen LogP contribution is -2.51. The minimum atomic E-state index is -0.356. The number of fused-ring (bicyclic) bond motifs is 3. The van der Waals surface area contributed by atoms with Crippen molar-refractivity contribution in [2.75, 3.05) is 67.4 Å². The molecule has 1 fully saturated rings. The fraction of sp³-hybridized carbons (Fsp3) is 0.357. The number of carbonyl (C=O) groups excluding carboxylic acids is 1. The highest BCUT2D eigenvalue weighted by molar-refractivity contribution is 6.43. The Morgan fingerprint density at radius 1 is 1.02 bits per heavy atom. The predicted molar refractivity (Wildman–Crippen MR) is 165 cm³/mol. The second kappa shape index (κ2) is 11.2. The average Bonchev–Trinajstić information content (AvgIpc) is 3.44. The van der Waals surface area contributed by atoms with Gasteiger partial charge in [0.05, 0.1) is 40.1 Å². The summed E-state index contributed by atoms with van der Waals surface area (Å²) in [4.78, 5) is 35.2. The SMILES string of the molecule is COc1cc(Nc2ncc3c(n2)N2CCN=C2N(c2c(Cl)cccc2Cl)C3=O)cc(Cl)c1N1CCC(N(C)C)CC1. The normalized spacial score (nSPS) is 17.1. The van der Waals surface area contributed by atoms with Crippen molar-refractivity contribution in [3.8, 4) is 5.75 Å². The van der Waals surface area contributed by atoms with Crippen molar-refractivity contribution < 1.29 is 9.53 Å². The summed E-state index contributed by atoms with van der Waals surface area (Å²) in [6.45, 7) is 2.82. The monoisotopic (exact) mass is 614 g/mol. The molecule has 1 aromatic heterocycles. The first kappa shape index (κ1) is 27.8. The first-order valence-corrected chi connectivity index (χ1v) is 14.4. The standard InChI is InChI=1S/C28H29Cl3N8O2/c1-36(2)17-7-10-37(11-8-17)24-21(31)13-16(14-22(24)41-3)34-27-33-15-18-25(35-27)38-12-9-32-28(38)39(26(18)40)23-19(29)5-4-6-20(23)30/h4-6,13-15,17H,7-12H2,1-3H3,(H,33,34,35). The van der Waals surface area contributed by atoms with Crippen LogP contribution in [0.15, 0.2) is 41.5 Å². The molecule has 3 aliphatic heterocycles. The molecule has 1 saturated heterocycles. The molecule has 2 aromatic carbocycles. The number of amides is 1. The van der Waals surface area contributed by atoms with Crippen LogP contribution in [0.4, 0.5) is 28.8 Å². The molecule has 0 radical (unpaired) electrons. The number of para-hydroxylation sites is 1. The molecule has 13 heteroatoms. The maximum absolute atomic E-state index is 13.7. The second-order valence-electron chi connectivity index (χ2n) is 10.3. The van der Waals surface area contributed by atoms with Gasteiger partial charge in [0.25, 0.3) is 5.91 Å². The number of rotatable bonds is 6. The Hall–Kier alpha value is -3.31. The fourth-order valence-electron chi connectivity index (χ4n) is 5.58. The minimum Gasteiger partial charge on any atom is -0.494 e. The number of ether oxygens (including phenoxy) is 1. The van der Waals surface area contributed by atoms with Crippen molar-refractivity contribution >= 4 is 75.5 Å². The Balaban J connectivity index is 1.29. The number of anilines is 5. The molecule has 0 unspecified atom stereocenters. The van der Waals surface area contributed by atoms with Gasteiger partial charge in [-0.25, -0.2) is 9.88 Å². The number of methoxy groups -OCH3 is 1. The highest BCUT2D eigenvalue weighted by Crippen LogP contribution is 2.42. The quantitative estimate of drug-likeness (QED) is 0.386. The summed E-state index contributed by atoms with van der Waals surface area (Å²) in [5, 5.41) is 4.50. The number of hydrogen-bond acceptors (Lipinski definition) is 9. The number of benzene rings is 2. The predicted octanol–water partition coefficient (Wildman–Crippen LogP) is 5.56. The molecule has 3 aliphatic rings. The number of carbonyl (C=O) groups is 1. The van der Waals surface area contributed by atoms with Crippen LogP contribution in [0.1, 0.15) is 23.2 Å². The molecule has 41 heavy (non-hydrogen) atoms. The third-order valence-corrected chi connectivity index (χ3v) is 8.55. The number of nitrogens with zero attached hydrogens (tertiary/aromatic N) is 7. The Morgan fingerprint density at radius 2 is 1.76 bits per heavy atom. The number of nitrogens with one attached hydrogen (secondary N) is 1. The van der Waals surface area contributed by atoms with E-state index in [1.807, 2.05) is 17.0 Å². The zero-order chi connectivity index (χ0) is 28.8. The zero-order valence-corrected chi connectivity index (χ0v) is 25.1. The molecule has 0 aliphatic carbocycles. The first-order valence-electron chi connectivity index (χ1n) is 13.3. The summed E-state index contributed by atoms with van der Waals surface area (Å²) in [7, 11) is 5.88. The van der Waals surface area contributed by atoms with Crippen LogP contribution in [0.3, 0.4) is 0 Å². The van der Waals surface area contributed by atoms with Gasteiger partial charge in [0.1, 0.15) is 11.3 Å². The van der Waals surface area contributed by atoms with Crippen molar-refractivity contribution in [3.05, 3.63) is 57.2 Å². The molecule has 214 valence electrons. The summed E-state index contributed by atoms with van der Waals surface area (Å²) in [5.41, 5.74) is 2.25. The Kier molecular flexibility index (Phi) is 7.58. The van der Waals surface area contributed by atoms with Crippen LogP contribution < -0.4 is 24.8 Å². The Labute approximate surface area is 253 Å². The molecule has 0 atom stereocenters. The van der Waals surface area contributed by atoms with Crippen LogP contribution in [0.2, 0.25) is 15.1 Å². The third kappa shape index (κ3) is 5.03. The van der Waals surface area contributed by atoms with E-state index in [4.69, 9.17) is 44.5 Å². The third-order valence-electron chi connectivity index (χ3n) is 7.65. The number of aromatic nitrogens is 2. The van der Waals surface area contributed by atoms with Gasteiger partial charge in [-0.15, -0.1) is 0 Å². The molecular formula is C28H29Cl3N8O2. The molecule has 0 bridgehead atoms. The maximum Gasteiger partial charge on any atom is 0.270 e. The van der Waals surface area contributed by atoms with Crippen LogP contribution in [-0.2, 0) is 0 Å². The molecule has 0 saturated carbocycles. The fourth-order valence-corrected chi connectivity index (χ4v) is 6.47. The first-order chi connectivity index (χ1) is 19.8. The van der Waals surface area contributed by atoms with Crippen LogP contribution in [0, 0.1) is 0 Å². The second-order valence-corrected chi connectivity index (χ2v) is 11.5. The van der Waals surface area contributed by atoms with Gasteiger partial charge in [0.2, 0.25) is 11.9 Å². The molecule has 1 N–H and O–H groups in total. The number of halogens is 3. The maximum atomic E-state index is 13.7. The van der Waals surface area contributed by atoms with Crippen molar-refractivity contribution in [1.82, 2.24) is 14.9 Å². The van der Waals surface area contributed by atoms with Gasteiger partial charge < -0.3 is 19.9 Å². The van der Waals surface area contributed by atoms with E-state index in [0.717, 1.165) is 31.6 Å². The summed E-state index contributed by atoms with van der Waals surface area (Å²) in [6.07, 6.45) is 3.61. The Morgan fingerprint density at radius 3 is 2.44 bits per heavy atom. The lowest BCUT2D eigenvalue weighted by molar-refractivity contribution is 0.1000. The molecule has 1 amide bonds. The topological polar surface area (TPSA) is 89.4 Å². The van der Waals surface area contributed by atoms with E-state index >= 15 is 0 Å². The van der Waals surface area contributed by atoms with Gasteiger partial charge in [-0.05, 0) is 45.1 Å². The number of aliphatic imine (C=N–C) groups is 1. The number of piperidine rings is 1. The van der Waals surface area contributed by atoms with Gasteiger partial charge >= 0.3 is 0 Å². The van der Waals surface area contributed by atoms with Gasteiger partial charge in [0, 0.05) is 43.6 Å². The van der Waals surface area contributed by atoms with Crippen LogP contribution >= 0.6 is 34.8 Å². The van der Waals surface area contributed by atoms with E-state index in [0.29, 0.717) is 74.6 Å². The Bertz CT molecular complexity index is 1520. The van der Waals surface area contributed by atoms with Gasteiger partial charge in [0.15, 0.2) is 5.82 Å². The van der Waals surface area contributed by atoms with E-state index < -0.39 is 0 Å². The van der Waals surface area contributed by atoms with E-state index in [1.54, 1.807) is 25.3 Å². The number of guanidine groups is 1. The van der Waals surface area contributed by atoms with Crippen molar-refractivity contribution in [2.45, 2.75) is 18.9 Å². The molecule has 6 rings (SSSR count). The minimum absolute atomic E-state index is 0.310. The lowest BCUT2D eigenvalue weighted by Gasteiger charge is -2.37. The summed E-state index contributed by atoms with van der Waals surface area (Å²) in [6, 6.07) is 9.38. The smallest absolute Gasteiger partial charge is 0.270 e. The highest BCUT2D eigenvalue weighted by atomic mass is 35.5. The van der Waals surface area contributed by atoms with Gasteiger partial charge in [-0.3, -0.25) is 14.7 Å². The van der Waals surface area contributed by atoms with Gasteiger partial charge in [-0.1, -0.05) is 40.9 Å².